The van der Waals surface area contributed by atoms with E-state index in [0.717, 1.165) is 14.2 Å². The minimum atomic E-state index is 0.0305. The summed E-state index contributed by atoms with van der Waals surface area (Å²) >= 11 is 6.77. The van der Waals surface area contributed by atoms with Crippen LogP contribution in [0.4, 0.5) is 0 Å². The number of rotatable bonds is 2. The molecule has 1 aromatic heterocycles. The Morgan fingerprint density at radius 3 is 2.47 bits per heavy atom. The Kier molecular flexibility index (Phi) is 3.27. The highest BCUT2D eigenvalue weighted by atomic mass is 32.1. The molecule has 0 radical (unpaired) electrons. The normalized spacial score (nSPS) is 10.7. The summed E-state index contributed by atoms with van der Waals surface area (Å²) in [4.78, 5) is 11.9. The largest absolute Gasteiger partial charge is 0.318 e. The van der Waals surface area contributed by atoms with Crippen molar-refractivity contribution in [2.24, 2.45) is 0 Å². The molecule has 3 rings (SSSR count). The van der Waals surface area contributed by atoms with E-state index in [-0.39, 0.29) is 5.43 Å². The third kappa shape index (κ3) is 2.37. The molecule has 0 aliphatic rings. The van der Waals surface area contributed by atoms with Gasteiger partial charge in [0.2, 0.25) is 0 Å². The molecular formula is C15H11NOS2. The molecule has 94 valence electrons. The maximum atomic E-state index is 11.9. The van der Waals surface area contributed by atoms with Gasteiger partial charge in [0.25, 0.3) is 0 Å². The first-order valence-electron chi connectivity index (χ1n) is 5.92. The summed E-state index contributed by atoms with van der Waals surface area (Å²) in [6.07, 6.45) is 0. The van der Waals surface area contributed by atoms with E-state index in [4.69, 9.17) is 12.2 Å². The second-order valence-corrected chi connectivity index (χ2v) is 5.88. The van der Waals surface area contributed by atoms with Crippen LogP contribution < -0.4 is 5.43 Å². The maximum Gasteiger partial charge on any atom is 0.197 e. The summed E-state index contributed by atoms with van der Waals surface area (Å²) in [6, 6.07) is 17.3. The van der Waals surface area contributed by atoms with Gasteiger partial charge in [0, 0.05) is 6.54 Å². The third-order valence-electron chi connectivity index (χ3n) is 2.95. The van der Waals surface area contributed by atoms with Crippen molar-refractivity contribution in [1.29, 1.82) is 0 Å². The zero-order chi connectivity index (χ0) is 13.2. The number of aromatic nitrogens is 1. The molecule has 0 bridgehead atoms. The zero-order valence-corrected chi connectivity index (χ0v) is 11.7. The Balaban J connectivity index is 2.23. The van der Waals surface area contributed by atoms with Crippen molar-refractivity contribution in [3.8, 4) is 0 Å². The van der Waals surface area contributed by atoms with Crippen molar-refractivity contribution in [2.45, 2.75) is 6.54 Å². The molecule has 0 aliphatic carbocycles. The van der Waals surface area contributed by atoms with Crippen LogP contribution in [0, 0.1) is 3.95 Å². The summed E-state index contributed by atoms with van der Waals surface area (Å²) < 4.78 is 3.49. The molecule has 2 nitrogen and oxygen atoms in total. The lowest BCUT2D eigenvalue weighted by Gasteiger charge is -2.03. The molecule has 3 aromatic rings. The fourth-order valence-electron chi connectivity index (χ4n) is 2.04. The number of thiazole rings is 1. The Morgan fingerprint density at radius 2 is 1.68 bits per heavy atom. The van der Waals surface area contributed by atoms with Gasteiger partial charge in [-0.25, -0.2) is 0 Å². The topological polar surface area (TPSA) is 22.0 Å². The predicted octanol–water partition coefficient (Wildman–Crippen LogP) is 3.84. The number of fused-ring (bicyclic) bond motifs is 1. The molecule has 0 saturated heterocycles. The Morgan fingerprint density at radius 1 is 1.00 bits per heavy atom. The van der Waals surface area contributed by atoms with Gasteiger partial charge >= 0.3 is 0 Å². The van der Waals surface area contributed by atoms with Crippen LogP contribution in [0.15, 0.2) is 59.4 Å². The van der Waals surface area contributed by atoms with Gasteiger partial charge in [-0.15, -0.1) is 11.3 Å². The molecule has 1 heterocycles. The fraction of sp³-hybridized carbons (Fsp3) is 0.0667. The van der Waals surface area contributed by atoms with Crippen LogP contribution in [0.3, 0.4) is 0 Å². The van der Waals surface area contributed by atoms with E-state index in [9.17, 15) is 4.79 Å². The van der Waals surface area contributed by atoms with Gasteiger partial charge in [-0.3, -0.25) is 4.79 Å². The average Bonchev–Trinajstić information content (AvgIpc) is 2.61. The van der Waals surface area contributed by atoms with E-state index in [0.29, 0.717) is 6.54 Å². The van der Waals surface area contributed by atoms with Gasteiger partial charge < -0.3 is 4.57 Å². The minimum Gasteiger partial charge on any atom is -0.318 e. The lowest BCUT2D eigenvalue weighted by Crippen LogP contribution is -1.99. The SMILES string of the molecule is O=c1ccccc2c1sc(=S)n2Cc1ccccc1. The summed E-state index contributed by atoms with van der Waals surface area (Å²) in [5.74, 6) is 0. The van der Waals surface area contributed by atoms with E-state index in [2.05, 4.69) is 12.1 Å². The van der Waals surface area contributed by atoms with Gasteiger partial charge in [0.1, 0.15) is 4.70 Å². The van der Waals surface area contributed by atoms with Crippen LogP contribution in [0.2, 0.25) is 0 Å². The molecule has 0 unspecified atom stereocenters. The smallest absolute Gasteiger partial charge is 0.197 e. The molecule has 2 aromatic carbocycles. The van der Waals surface area contributed by atoms with E-state index >= 15 is 0 Å². The van der Waals surface area contributed by atoms with Crippen molar-refractivity contribution in [1.82, 2.24) is 4.57 Å². The number of hydrogen-bond donors (Lipinski definition) is 0. The van der Waals surface area contributed by atoms with Crippen LogP contribution in [-0.2, 0) is 6.54 Å². The van der Waals surface area contributed by atoms with Gasteiger partial charge in [0.15, 0.2) is 9.38 Å². The highest BCUT2D eigenvalue weighted by Crippen LogP contribution is 2.20. The van der Waals surface area contributed by atoms with Crippen LogP contribution in [0.1, 0.15) is 5.56 Å². The molecule has 0 N–H and O–H groups in total. The summed E-state index contributed by atoms with van der Waals surface area (Å²) in [5, 5.41) is 0. The monoisotopic (exact) mass is 285 g/mol. The Hall–Kier alpha value is -1.78. The van der Waals surface area contributed by atoms with Crippen LogP contribution >= 0.6 is 23.6 Å². The number of hydrogen-bond acceptors (Lipinski definition) is 3. The highest BCUT2D eigenvalue weighted by molar-refractivity contribution is 7.73. The first-order valence-corrected chi connectivity index (χ1v) is 7.15. The van der Waals surface area contributed by atoms with Crippen LogP contribution in [0.5, 0.6) is 0 Å². The molecule has 0 atom stereocenters. The first-order chi connectivity index (χ1) is 9.25. The van der Waals surface area contributed by atoms with E-state index < -0.39 is 0 Å². The van der Waals surface area contributed by atoms with Crippen molar-refractivity contribution in [2.75, 3.05) is 0 Å². The molecule has 0 spiro atoms. The van der Waals surface area contributed by atoms with Crippen molar-refractivity contribution >= 4 is 33.8 Å². The first kappa shape index (κ1) is 12.3. The molecule has 0 amide bonds. The lowest BCUT2D eigenvalue weighted by atomic mass is 10.2. The molecule has 4 heteroatoms. The van der Waals surface area contributed by atoms with Crippen molar-refractivity contribution < 1.29 is 0 Å². The molecular weight excluding hydrogens is 274 g/mol. The molecule has 19 heavy (non-hydrogen) atoms. The fourth-order valence-corrected chi connectivity index (χ4v) is 3.35. The van der Waals surface area contributed by atoms with Gasteiger partial charge in [0.05, 0.1) is 5.52 Å². The Bertz CT molecular complexity index is 834. The predicted molar refractivity (Wildman–Crippen MR) is 82.5 cm³/mol. The van der Waals surface area contributed by atoms with Gasteiger partial charge in [-0.2, -0.15) is 0 Å². The standard InChI is InChI=1S/C15H11NOS2/c17-13-9-5-4-8-12-14(13)19-15(18)16(12)10-11-6-2-1-3-7-11/h1-9H,10H2. The molecule has 0 aliphatic heterocycles. The zero-order valence-electron chi connectivity index (χ0n) is 10.1. The summed E-state index contributed by atoms with van der Waals surface area (Å²) in [5.41, 5.74) is 2.12. The molecule has 0 saturated carbocycles. The number of nitrogens with zero attached hydrogens (tertiary/aromatic N) is 1. The van der Waals surface area contributed by atoms with Crippen molar-refractivity contribution in [3.05, 3.63) is 74.3 Å². The quantitative estimate of drug-likeness (QED) is 0.667. The highest BCUT2D eigenvalue weighted by Gasteiger charge is 2.06. The second-order valence-electron chi connectivity index (χ2n) is 4.24. The summed E-state index contributed by atoms with van der Waals surface area (Å²) in [7, 11) is 0. The van der Waals surface area contributed by atoms with Gasteiger partial charge in [-0.05, 0) is 29.9 Å². The van der Waals surface area contributed by atoms with Gasteiger partial charge in [-0.1, -0.05) is 42.5 Å². The van der Waals surface area contributed by atoms with Crippen LogP contribution in [-0.4, -0.2) is 4.57 Å². The second kappa shape index (κ2) is 5.07. The average molecular weight is 285 g/mol. The van der Waals surface area contributed by atoms with E-state index in [1.54, 1.807) is 12.1 Å². The third-order valence-corrected chi connectivity index (χ3v) is 4.43. The lowest BCUT2D eigenvalue weighted by molar-refractivity contribution is 0.833. The van der Waals surface area contributed by atoms with Crippen LogP contribution in [0.25, 0.3) is 10.2 Å². The number of benzene rings is 1. The Labute approximate surface area is 119 Å². The summed E-state index contributed by atoms with van der Waals surface area (Å²) in [6.45, 7) is 0.698. The maximum absolute atomic E-state index is 11.9. The van der Waals surface area contributed by atoms with Crippen molar-refractivity contribution in [3.63, 3.8) is 0 Å². The minimum absolute atomic E-state index is 0.0305. The van der Waals surface area contributed by atoms with E-state index in [1.165, 1.54) is 16.9 Å². The van der Waals surface area contributed by atoms with E-state index in [1.807, 2.05) is 34.9 Å². The molecule has 0 fully saturated rings.